The number of piperidine rings is 1. The molecule has 1 aromatic rings. The van der Waals surface area contributed by atoms with Gasteiger partial charge in [-0.15, -0.1) is 0 Å². The third-order valence-corrected chi connectivity index (χ3v) is 5.37. The summed E-state index contributed by atoms with van der Waals surface area (Å²) in [5.41, 5.74) is 6.85. The number of para-hydroxylation sites is 2. The van der Waals surface area contributed by atoms with E-state index >= 15 is 0 Å². The van der Waals surface area contributed by atoms with E-state index in [9.17, 15) is 9.59 Å². The van der Waals surface area contributed by atoms with Crippen LogP contribution in [0, 0.1) is 5.92 Å². The Labute approximate surface area is 155 Å². The Morgan fingerprint density at radius 3 is 2.85 bits per heavy atom. The van der Waals surface area contributed by atoms with Crippen LogP contribution in [0.15, 0.2) is 24.3 Å². The molecule has 0 saturated carbocycles. The molecule has 0 aromatic heterocycles. The van der Waals surface area contributed by atoms with E-state index in [-0.39, 0.29) is 36.2 Å². The van der Waals surface area contributed by atoms with Crippen molar-refractivity contribution in [2.75, 3.05) is 24.6 Å². The Balaban J connectivity index is 1.76. The number of rotatable bonds is 5. The molecule has 0 bridgehead atoms. The van der Waals surface area contributed by atoms with Gasteiger partial charge in [0.2, 0.25) is 11.8 Å². The second-order valence-electron chi connectivity index (χ2n) is 7.26. The third-order valence-electron chi connectivity index (χ3n) is 5.37. The molecule has 3 unspecified atom stereocenters. The van der Waals surface area contributed by atoms with Crippen molar-refractivity contribution < 1.29 is 14.3 Å². The molecule has 2 N–H and O–H groups in total. The molecule has 26 heavy (non-hydrogen) atoms. The summed E-state index contributed by atoms with van der Waals surface area (Å²) in [6, 6.07) is 7.54. The normalized spacial score (nSPS) is 24.7. The second-order valence-corrected chi connectivity index (χ2v) is 7.26. The van der Waals surface area contributed by atoms with Gasteiger partial charge in [-0.3, -0.25) is 9.59 Å². The summed E-state index contributed by atoms with van der Waals surface area (Å²) >= 11 is 0. The Morgan fingerprint density at radius 2 is 2.12 bits per heavy atom. The largest absolute Gasteiger partial charge is 0.492 e. The lowest BCUT2D eigenvalue weighted by Crippen LogP contribution is -2.53. The summed E-state index contributed by atoms with van der Waals surface area (Å²) in [6.07, 6.45) is 3.31. The molecular formula is C20H29N3O3. The van der Waals surface area contributed by atoms with Crippen LogP contribution in [0.3, 0.4) is 0 Å². The van der Waals surface area contributed by atoms with Crippen LogP contribution in [-0.2, 0) is 9.59 Å². The standard InChI is InChI=1S/C20H29N3O3/c1-3-26-18-10-5-4-9-17(18)23-13-15(12-19(23)24)20(25)22-11-7-6-8-16(22)14(2)21/h4-5,9-10,14-16H,3,6-8,11-13,21H2,1-2H3. The highest BCUT2D eigenvalue weighted by Gasteiger charge is 2.40. The molecule has 142 valence electrons. The summed E-state index contributed by atoms with van der Waals surface area (Å²) in [4.78, 5) is 29.3. The quantitative estimate of drug-likeness (QED) is 0.874. The molecule has 3 atom stereocenters. The molecule has 2 amide bonds. The molecule has 2 aliphatic heterocycles. The summed E-state index contributed by atoms with van der Waals surface area (Å²) in [7, 11) is 0. The molecule has 6 nitrogen and oxygen atoms in total. The van der Waals surface area contributed by atoms with Gasteiger partial charge in [-0.1, -0.05) is 12.1 Å². The van der Waals surface area contributed by atoms with E-state index in [1.54, 1.807) is 4.90 Å². The van der Waals surface area contributed by atoms with Crippen molar-refractivity contribution in [2.24, 2.45) is 11.7 Å². The van der Waals surface area contributed by atoms with Crippen molar-refractivity contribution in [1.82, 2.24) is 4.90 Å². The lowest BCUT2D eigenvalue weighted by atomic mass is 9.94. The van der Waals surface area contributed by atoms with Crippen molar-refractivity contribution in [3.63, 3.8) is 0 Å². The molecule has 2 saturated heterocycles. The number of likely N-dealkylation sites (tertiary alicyclic amines) is 1. The molecule has 6 heteroatoms. The highest BCUT2D eigenvalue weighted by atomic mass is 16.5. The van der Waals surface area contributed by atoms with E-state index in [2.05, 4.69) is 0 Å². The summed E-state index contributed by atoms with van der Waals surface area (Å²) in [5, 5.41) is 0. The van der Waals surface area contributed by atoms with Crippen LogP contribution in [0.25, 0.3) is 0 Å². The van der Waals surface area contributed by atoms with Crippen LogP contribution in [0.4, 0.5) is 5.69 Å². The van der Waals surface area contributed by atoms with Gasteiger partial charge in [0.1, 0.15) is 5.75 Å². The fraction of sp³-hybridized carbons (Fsp3) is 0.600. The van der Waals surface area contributed by atoms with Gasteiger partial charge in [-0.2, -0.15) is 0 Å². The van der Waals surface area contributed by atoms with E-state index in [4.69, 9.17) is 10.5 Å². The number of amides is 2. The van der Waals surface area contributed by atoms with E-state index < -0.39 is 0 Å². The Morgan fingerprint density at radius 1 is 1.35 bits per heavy atom. The Hall–Kier alpha value is -2.08. The van der Waals surface area contributed by atoms with E-state index in [0.717, 1.165) is 31.5 Å². The van der Waals surface area contributed by atoms with E-state index in [1.807, 2.05) is 43.0 Å². The van der Waals surface area contributed by atoms with Crippen LogP contribution < -0.4 is 15.4 Å². The first-order chi connectivity index (χ1) is 12.5. The second kappa shape index (κ2) is 8.08. The molecule has 3 rings (SSSR count). The van der Waals surface area contributed by atoms with Crippen LogP contribution in [0.2, 0.25) is 0 Å². The number of benzene rings is 1. The number of hydrogen-bond donors (Lipinski definition) is 1. The topological polar surface area (TPSA) is 75.9 Å². The third kappa shape index (κ3) is 3.70. The number of nitrogens with two attached hydrogens (primary N) is 1. The molecule has 1 aromatic carbocycles. The zero-order valence-electron chi connectivity index (χ0n) is 15.7. The molecule has 0 aliphatic carbocycles. The number of anilines is 1. The van der Waals surface area contributed by atoms with Crippen LogP contribution >= 0.6 is 0 Å². The maximum atomic E-state index is 13.1. The van der Waals surface area contributed by atoms with E-state index in [1.165, 1.54) is 0 Å². The molecule has 0 spiro atoms. The fourth-order valence-electron chi connectivity index (χ4n) is 4.08. The minimum Gasteiger partial charge on any atom is -0.492 e. The van der Waals surface area contributed by atoms with Crippen molar-refractivity contribution in [1.29, 1.82) is 0 Å². The number of carbonyl (C=O) groups is 2. The first-order valence-electron chi connectivity index (χ1n) is 9.61. The summed E-state index contributed by atoms with van der Waals surface area (Å²) in [6.45, 7) is 5.56. The predicted octanol–water partition coefficient (Wildman–Crippen LogP) is 2.17. The van der Waals surface area contributed by atoms with Crippen LogP contribution in [0.1, 0.15) is 39.5 Å². The summed E-state index contributed by atoms with van der Waals surface area (Å²) < 4.78 is 5.65. The average molecular weight is 359 g/mol. The highest BCUT2D eigenvalue weighted by Crippen LogP contribution is 2.34. The molecule has 2 heterocycles. The minimum absolute atomic E-state index is 0.0233. The molecule has 2 aliphatic rings. The molecule has 0 radical (unpaired) electrons. The van der Waals surface area contributed by atoms with E-state index in [0.29, 0.717) is 18.9 Å². The lowest BCUT2D eigenvalue weighted by Gasteiger charge is -2.39. The zero-order valence-corrected chi connectivity index (χ0v) is 15.7. The van der Waals surface area contributed by atoms with Gasteiger partial charge in [-0.25, -0.2) is 0 Å². The SMILES string of the molecule is CCOc1ccccc1N1CC(C(=O)N2CCCCC2C(C)N)CC1=O. The van der Waals surface area contributed by atoms with Crippen molar-refractivity contribution in [2.45, 2.75) is 51.6 Å². The Bertz CT molecular complexity index is 661. The smallest absolute Gasteiger partial charge is 0.228 e. The maximum absolute atomic E-state index is 13.1. The van der Waals surface area contributed by atoms with Crippen LogP contribution in [0.5, 0.6) is 5.75 Å². The molecule has 2 fully saturated rings. The average Bonchev–Trinajstić information content (AvgIpc) is 3.03. The van der Waals surface area contributed by atoms with Crippen molar-refractivity contribution in [3.8, 4) is 5.75 Å². The van der Waals surface area contributed by atoms with Crippen molar-refractivity contribution >= 4 is 17.5 Å². The summed E-state index contributed by atoms with van der Waals surface area (Å²) in [5.74, 6) is 0.418. The highest BCUT2D eigenvalue weighted by molar-refractivity contribution is 6.01. The lowest BCUT2D eigenvalue weighted by molar-refractivity contribution is -0.139. The Kier molecular flexibility index (Phi) is 5.81. The zero-order chi connectivity index (χ0) is 18.7. The number of nitrogens with zero attached hydrogens (tertiary/aromatic N) is 2. The van der Waals surface area contributed by atoms with Crippen molar-refractivity contribution in [3.05, 3.63) is 24.3 Å². The minimum atomic E-state index is -0.309. The monoisotopic (exact) mass is 359 g/mol. The number of ether oxygens (including phenoxy) is 1. The van der Waals surface area contributed by atoms with Gasteiger partial charge in [0.25, 0.3) is 0 Å². The van der Waals surface area contributed by atoms with Crippen LogP contribution in [-0.4, -0.2) is 48.5 Å². The number of carbonyl (C=O) groups excluding carboxylic acids is 2. The van der Waals surface area contributed by atoms with Gasteiger partial charge >= 0.3 is 0 Å². The van der Waals surface area contributed by atoms with Gasteiger partial charge in [-0.05, 0) is 45.2 Å². The molecular weight excluding hydrogens is 330 g/mol. The predicted molar refractivity (Wildman–Crippen MR) is 101 cm³/mol. The first kappa shape index (κ1) is 18.7. The first-order valence-corrected chi connectivity index (χ1v) is 9.61. The van der Waals surface area contributed by atoms with Gasteiger partial charge in [0.05, 0.1) is 18.2 Å². The van der Waals surface area contributed by atoms with Gasteiger partial charge in [0, 0.05) is 31.6 Å². The number of hydrogen-bond acceptors (Lipinski definition) is 4. The van der Waals surface area contributed by atoms with Gasteiger partial charge < -0.3 is 20.3 Å². The van der Waals surface area contributed by atoms with Gasteiger partial charge in [0.15, 0.2) is 0 Å². The maximum Gasteiger partial charge on any atom is 0.228 e. The fourth-order valence-corrected chi connectivity index (χ4v) is 4.08.